The van der Waals surface area contributed by atoms with E-state index in [1.807, 2.05) is 4.90 Å². The molecule has 0 aromatic heterocycles. The Morgan fingerprint density at radius 3 is 2.56 bits per heavy atom. The molecule has 1 aliphatic heterocycles. The summed E-state index contributed by atoms with van der Waals surface area (Å²) in [6, 6.07) is 0. The number of carbonyl (C=O) groups is 1. The second-order valence-electron chi connectivity index (χ2n) is 5.77. The molecule has 108 valence electrons. The lowest BCUT2D eigenvalue weighted by atomic mass is 9.90. The van der Waals surface area contributed by atoms with Crippen molar-refractivity contribution in [3.8, 4) is 0 Å². The smallest absolute Gasteiger partial charge is 0.225 e. The molecule has 2 N–H and O–H groups in total. The van der Waals surface area contributed by atoms with Gasteiger partial charge in [0.15, 0.2) is 0 Å². The second kappa shape index (κ2) is 8.00. The van der Waals surface area contributed by atoms with Crippen LogP contribution in [0.25, 0.3) is 0 Å². The van der Waals surface area contributed by atoms with Gasteiger partial charge in [0.2, 0.25) is 5.91 Å². The van der Waals surface area contributed by atoms with Crippen molar-refractivity contribution in [2.45, 2.75) is 52.9 Å². The van der Waals surface area contributed by atoms with Gasteiger partial charge < -0.3 is 10.6 Å². The van der Waals surface area contributed by atoms with Gasteiger partial charge in [-0.2, -0.15) is 0 Å². The number of carbonyl (C=O) groups excluding carboxylic acids is 1. The first-order valence-electron chi connectivity index (χ1n) is 7.05. The van der Waals surface area contributed by atoms with Crippen LogP contribution in [0.15, 0.2) is 0 Å². The highest BCUT2D eigenvalue weighted by atomic mass is 35.5. The highest BCUT2D eigenvalue weighted by molar-refractivity contribution is 5.85. The van der Waals surface area contributed by atoms with Crippen molar-refractivity contribution in [3.63, 3.8) is 0 Å². The van der Waals surface area contributed by atoms with E-state index in [9.17, 15) is 4.79 Å². The molecule has 0 aromatic rings. The molecular formula is C14H29ClN2O. The van der Waals surface area contributed by atoms with Crippen LogP contribution in [0.4, 0.5) is 0 Å². The Labute approximate surface area is 118 Å². The van der Waals surface area contributed by atoms with Crippen molar-refractivity contribution in [1.29, 1.82) is 0 Å². The molecule has 18 heavy (non-hydrogen) atoms. The number of hydrogen-bond donors (Lipinski definition) is 1. The van der Waals surface area contributed by atoms with E-state index in [0.29, 0.717) is 12.5 Å². The lowest BCUT2D eigenvalue weighted by Crippen LogP contribution is -2.37. The van der Waals surface area contributed by atoms with Crippen molar-refractivity contribution in [2.24, 2.45) is 17.1 Å². The third kappa shape index (κ3) is 4.43. The molecule has 1 aliphatic rings. The fraction of sp³-hybridized carbons (Fsp3) is 0.929. The average molecular weight is 277 g/mol. The van der Waals surface area contributed by atoms with Crippen molar-refractivity contribution in [2.75, 3.05) is 19.6 Å². The van der Waals surface area contributed by atoms with Crippen LogP contribution in [-0.4, -0.2) is 30.4 Å². The predicted molar refractivity (Wildman–Crippen MR) is 78.9 cm³/mol. The molecule has 0 saturated carbocycles. The average Bonchev–Trinajstić information content (AvgIpc) is 2.73. The summed E-state index contributed by atoms with van der Waals surface area (Å²) in [5.74, 6) is 0.591. The fourth-order valence-corrected chi connectivity index (χ4v) is 2.59. The van der Waals surface area contributed by atoms with Crippen molar-refractivity contribution in [1.82, 2.24) is 4.90 Å². The van der Waals surface area contributed by atoms with Crippen molar-refractivity contribution in [3.05, 3.63) is 0 Å². The summed E-state index contributed by atoms with van der Waals surface area (Å²) in [6.45, 7) is 8.92. The van der Waals surface area contributed by atoms with Crippen LogP contribution in [0.5, 0.6) is 0 Å². The minimum Gasteiger partial charge on any atom is -0.342 e. The summed E-state index contributed by atoms with van der Waals surface area (Å²) in [5, 5.41) is 0. The SMILES string of the molecule is CCCCC(CC)C(=O)N1CCC(C)(CN)C1.Cl. The number of unbranched alkanes of at least 4 members (excludes halogenated alkanes) is 1. The van der Waals surface area contributed by atoms with E-state index < -0.39 is 0 Å². The van der Waals surface area contributed by atoms with Gasteiger partial charge in [0, 0.05) is 19.0 Å². The van der Waals surface area contributed by atoms with Gasteiger partial charge in [0.25, 0.3) is 0 Å². The van der Waals surface area contributed by atoms with E-state index in [1.165, 1.54) is 6.42 Å². The molecule has 4 heteroatoms. The fourth-order valence-electron chi connectivity index (χ4n) is 2.59. The number of nitrogens with two attached hydrogens (primary N) is 1. The van der Waals surface area contributed by atoms with Crippen LogP contribution < -0.4 is 5.73 Å². The van der Waals surface area contributed by atoms with Crippen LogP contribution in [-0.2, 0) is 4.79 Å². The number of nitrogens with zero attached hydrogens (tertiary/aromatic N) is 1. The van der Waals surface area contributed by atoms with Crippen LogP contribution in [0.2, 0.25) is 0 Å². The number of halogens is 1. The first-order valence-corrected chi connectivity index (χ1v) is 7.05. The maximum atomic E-state index is 12.4. The van der Waals surface area contributed by atoms with Crippen LogP contribution in [0.1, 0.15) is 52.9 Å². The highest BCUT2D eigenvalue weighted by Gasteiger charge is 2.36. The molecule has 0 aliphatic carbocycles. The highest BCUT2D eigenvalue weighted by Crippen LogP contribution is 2.30. The quantitative estimate of drug-likeness (QED) is 0.811. The lowest BCUT2D eigenvalue weighted by molar-refractivity contribution is -0.135. The summed E-state index contributed by atoms with van der Waals surface area (Å²) >= 11 is 0. The molecule has 0 aromatic carbocycles. The van der Waals surface area contributed by atoms with Gasteiger partial charge in [-0.05, 0) is 31.2 Å². The normalized spacial score (nSPS) is 24.8. The zero-order valence-corrected chi connectivity index (χ0v) is 12.9. The third-order valence-corrected chi connectivity index (χ3v) is 4.11. The molecule has 1 amide bonds. The summed E-state index contributed by atoms with van der Waals surface area (Å²) in [7, 11) is 0. The lowest BCUT2D eigenvalue weighted by Gasteiger charge is -2.25. The van der Waals surface area contributed by atoms with Crippen LogP contribution in [0, 0.1) is 11.3 Å². The molecule has 1 heterocycles. The minimum atomic E-state index is 0. The Morgan fingerprint density at radius 1 is 1.44 bits per heavy atom. The van der Waals surface area contributed by atoms with Gasteiger partial charge in [-0.25, -0.2) is 0 Å². The topological polar surface area (TPSA) is 46.3 Å². The number of rotatable bonds is 6. The molecule has 2 unspecified atom stereocenters. The second-order valence-corrected chi connectivity index (χ2v) is 5.77. The maximum Gasteiger partial charge on any atom is 0.225 e. The molecule has 2 atom stereocenters. The predicted octanol–water partition coefficient (Wildman–Crippen LogP) is 2.82. The Bertz CT molecular complexity index is 260. The Kier molecular flexibility index (Phi) is 7.88. The summed E-state index contributed by atoms with van der Waals surface area (Å²) < 4.78 is 0. The Hall–Kier alpha value is -0.280. The Morgan fingerprint density at radius 2 is 2.11 bits per heavy atom. The minimum absolute atomic E-state index is 0. The molecule has 3 nitrogen and oxygen atoms in total. The summed E-state index contributed by atoms with van der Waals surface area (Å²) in [6.07, 6.45) is 5.40. The van der Waals surface area contributed by atoms with E-state index in [2.05, 4.69) is 20.8 Å². The van der Waals surface area contributed by atoms with Crippen LogP contribution in [0.3, 0.4) is 0 Å². The van der Waals surface area contributed by atoms with E-state index in [-0.39, 0.29) is 23.7 Å². The van der Waals surface area contributed by atoms with Crippen LogP contribution >= 0.6 is 12.4 Å². The molecular weight excluding hydrogens is 248 g/mol. The van der Waals surface area contributed by atoms with E-state index in [1.54, 1.807) is 0 Å². The molecule has 0 radical (unpaired) electrons. The van der Waals surface area contributed by atoms with E-state index in [4.69, 9.17) is 5.73 Å². The zero-order valence-electron chi connectivity index (χ0n) is 12.1. The molecule has 0 spiro atoms. The van der Waals surface area contributed by atoms with Gasteiger partial charge in [-0.1, -0.05) is 33.6 Å². The van der Waals surface area contributed by atoms with E-state index in [0.717, 1.165) is 38.8 Å². The molecule has 1 rings (SSSR count). The number of hydrogen-bond acceptors (Lipinski definition) is 2. The summed E-state index contributed by atoms with van der Waals surface area (Å²) in [5.41, 5.74) is 5.93. The van der Waals surface area contributed by atoms with Crippen molar-refractivity contribution >= 4 is 18.3 Å². The van der Waals surface area contributed by atoms with Crippen molar-refractivity contribution < 1.29 is 4.79 Å². The van der Waals surface area contributed by atoms with Gasteiger partial charge in [-0.3, -0.25) is 4.79 Å². The first kappa shape index (κ1) is 17.7. The Balaban J connectivity index is 0.00000289. The van der Waals surface area contributed by atoms with Gasteiger partial charge in [0.1, 0.15) is 0 Å². The standard InChI is InChI=1S/C14H28N2O.ClH/c1-4-6-7-12(5-2)13(17)16-9-8-14(3,10-15)11-16;/h12H,4-11,15H2,1-3H3;1H. The monoisotopic (exact) mass is 276 g/mol. The summed E-state index contributed by atoms with van der Waals surface area (Å²) in [4.78, 5) is 14.4. The molecule has 0 bridgehead atoms. The molecule has 1 saturated heterocycles. The van der Waals surface area contributed by atoms with Gasteiger partial charge >= 0.3 is 0 Å². The largest absolute Gasteiger partial charge is 0.342 e. The van der Waals surface area contributed by atoms with Gasteiger partial charge in [-0.15, -0.1) is 12.4 Å². The third-order valence-electron chi connectivity index (χ3n) is 4.11. The number of likely N-dealkylation sites (tertiary alicyclic amines) is 1. The number of amides is 1. The zero-order chi connectivity index (χ0) is 12.9. The molecule has 1 fully saturated rings. The first-order chi connectivity index (χ1) is 8.06. The van der Waals surface area contributed by atoms with E-state index >= 15 is 0 Å². The van der Waals surface area contributed by atoms with Gasteiger partial charge in [0.05, 0.1) is 0 Å². The maximum absolute atomic E-state index is 12.4.